The Balaban J connectivity index is 1.69. The summed E-state index contributed by atoms with van der Waals surface area (Å²) in [7, 11) is -3.31. The molecule has 28 heavy (non-hydrogen) atoms. The van der Waals surface area contributed by atoms with E-state index >= 15 is 0 Å². The normalized spacial score (nSPS) is 11.2. The van der Waals surface area contributed by atoms with Crippen LogP contribution >= 0.6 is 0 Å². The Morgan fingerprint density at radius 2 is 1.82 bits per heavy atom. The lowest BCUT2D eigenvalue weighted by atomic mass is 10.1. The molecule has 0 saturated carbocycles. The molecule has 1 aromatic heterocycles. The first-order valence-electron chi connectivity index (χ1n) is 8.68. The molecule has 0 spiro atoms. The predicted octanol–water partition coefficient (Wildman–Crippen LogP) is 3.08. The van der Waals surface area contributed by atoms with Gasteiger partial charge in [0, 0.05) is 30.6 Å². The largest absolute Gasteiger partial charge is 0.439 e. The zero-order chi connectivity index (χ0) is 20.1. The van der Waals surface area contributed by atoms with Crippen LogP contribution in [0, 0.1) is 0 Å². The third kappa shape index (κ3) is 5.68. The van der Waals surface area contributed by atoms with E-state index in [-0.39, 0.29) is 5.91 Å². The summed E-state index contributed by atoms with van der Waals surface area (Å²) in [6.07, 6.45) is 1.85. The number of pyridine rings is 1. The highest BCUT2D eigenvalue weighted by Gasteiger charge is 2.05. The molecule has 0 bridgehead atoms. The minimum atomic E-state index is -3.31. The molecule has 0 unspecified atom stereocenters. The SMILES string of the molecule is CC(=O)NCCc1ccc2nc(Oc3ccc(NS(C)(=O)=O)cc3)ccc2c1. The van der Waals surface area contributed by atoms with Crippen molar-refractivity contribution >= 4 is 32.5 Å². The number of nitrogens with zero attached hydrogens (tertiary/aromatic N) is 1. The van der Waals surface area contributed by atoms with E-state index in [9.17, 15) is 13.2 Å². The number of carbonyl (C=O) groups excluding carboxylic acids is 1. The Morgan fingerprint density at radius 3 is 2.50 bits per heavy atom. The van der Waals surface area contributed by atoms with Crippen molar-refractivity contribution in [3.05, 3.63) is 60.2 Å². The van der Waals surface area contributed by atoms with Crippen LogP contribution in [0.15, 0.2) is 54.6 Å². The number of aromatic nitrogens is 1. The zero-order valence-corrected chi connectivity index (χ0v) is 16.4. The summed E-state index contributed by atoms with van der Waals surface area (Å²) in [4.78, 5) is 15.4. The van der Waals surface area contributed by atoms with Crippen LogP contribution in [0.2, 0.25) is 0 Å². The smallest absolute Gasteiger partial charge is 0.229 e. The van der Waals surface area contributed by atoms with Crippen LogP contribution in [0.1, 0.15) is 12.5 Å². The van der Waals surface area contributed by atoms with Crippen molar-refractivity contribution in [2.45, 2.75) is 13.3 Å². The summed E-state index contributed by atoms with van der Waals surface area (Å²) < 4.78 is 30.6. The van der Waals surface area contributed by atoms with Gasteiger partial charge in [-0.3, -0.25) is 9.52 Å². The molecule has 7 nitrogen and oxygen atoms in total. The van der Waals surface area contributed by atoms with Crippen molar-refractivity contribution in [3.8, 4) is 11.6 Å². The van der Waals surface area contributed by atoms with E-state index in [1.54, 1.807) is 30.3 Å². The fourth-order valence-corrected chi connectivity index (χ4v) is 3.24. The summed E-state index contributed by atoms with van der Waals surface area (Å²) in [6, 6.07) is 16.2. The molecule has 0 aliphatic carbocycles. The Morgan fingerprint density at radius 1 is 1.07 bits per heavy atom. The maximum Gasteiger partial charge on any atom is 0.229 e. The van der Waals surface area contributed by atoms with Gasteiger partial charge in [-0.15, -0.1) is 0 Å². The highest BCUT2D eigenvalue weighted by Crippen LogP contribution is 2.24. The van der Waals surface area contributed by atoms with Gasteiger partial charge in [-0.25, -0.2) is 13.4 Å². The Bertz CT molecular complexity index is 1100. The number of amides is 1. The summed E-state index contributed by atoms with van der Waals surface area (Å²) in [5.74, 6) is 0.963. The van der Waals surface area contributed by atoms with Crippen LogP contribution in [0.25, 0.3) is 10.9 Å². The van der Waals surface area contributed by atoms with Crippen molar-refractivity contribution in [2.24, 2.45) is 0 Å². The average molecular weight is 399 g/mol. The van der Waals surface area contributed by atoms with Crippen LogP contribution < -0.4 is 14.8 Å². The number of nitrogens with one attached hydrogen (secondary N) is 2. The summed E-state index contributed by atoms with van der Waals surface area (Å²) in [6.45, 7) is 2.10. The van der Waals surface area contributed by atoms with Gasteiger partial charge in [-0.05, 0) is 54.4 Å². The van der Waals surface area contributed by atoms with Gasteiger partial charge in [-0.1, -0.05) is 6.07 Å². The van der Waals surface area contributed by atoms with Crippen molar-refractivity contribution in [1.29, 1.82) is 0 Å². The van der Waals surface area contributed by atoms with Crippen molar-refractivity contribution in [2.75, 3.05) is 17.5 Å². The van der Waals surface area contributed by atoms with Crippen molar-refractivity contribution in [1.82, 2.24) is 10.3 Å². The van der Waals surface area contributed by atoms with E-state index in [4.69, 9.17) is 4.74 Å². The fourth-order valence-electron chi connectivity index (χ4n) is 2.68. The van der Waals surface area contributed by atoms with E-state index in [2.05, 4.69) is 15.0 Å². The minimum absolute atomic E-state index is 0.0376. The van der Waals surface area contributed by atoms with Crippen LogP contribution in [0.5, 0.6) is 11.6 Å². The van der Waals surface area contributed by atoms with Crippen molar-refractivity contribution < 1.29 is 17.9 Å². The van der Waals surface area contributed by atoms with Gasteiger partial charge in [0.05, 0.1) is 11.8 Å². The monoisotopic (exact) mass is 399 g/mol. The number of fused-ring (bicyclic) bond motifs is 1. The summed E-state index contributed by atoms with van der Waals surface area (Å²) >= 11 is 0. The van der Waals surface area contributed by atoms with Gasteiger partial charge in [0.2, 0.25) is 21.8 Å². The fraction of sp³-hybridized carbons (Fsp3) is 0.200. The molecule has 2 N–H and O–H groups in total. The Hall–Kier alpha value is -3.13. The number of sulfonamides is 1. The number of hydrogen-bond acceptors (Lipinski definition) is 5. The molecular weight excluding hydrogens is 378 g/mol. The molecule has 1 heterocycles. The third-order valence-corrected chi connectivity index (χ3v) is 4.50. The second kappa shape index (κ2) is 8.26. The molecule has 1 amide bonds. The minimum Gasteiger partial charge on any atom is -0.439 e. The predicted molar refractivity (Wildman–Crippen MR) is 109 cm³/mol. The standard InChI is InChI=1S/C20H21N3O4S/c1-14(24)21-12-11-15-3-9-19-16(13-15)4-10-20(22-19)27-18-7-5-17(6-8-18)23-28(2,25)26/h3-10,13,23H,11-12H2,1-2H3,(H,21,24). The molecule has 0 atom stereocenters. The Labute approximate surface area is 163 Å². The van der Waals surface area contributed by atoms with E-state index in [1.165, 1.54) is 6.92 Å². The lowest BCUT2D eigenvalue weighted by Gasteiger charge is -2.09. The zero-order valence-electron chi connectivity index (χ0n) is 15.6. The number of benzene rings is 2. The topological polar surface area (TPSA) is 97.4 Å². The van der Waals surface area contributed by atoms with Gasteiger partial charge in [0.25, 0.3) is 0 Å². The van der Waals surface area contributed by atoms with E-state index < -0.39 is 10.0 Å². The number of carbonyl (C=O) groups is 1. The van der Waals surface area contributed by atoms with E-state index in [1.807, 2.05) is 24.3 Å². The van der Waals surface area contributed by atoms with E-state index in [0.29, 0.717) is 23.9 Å². The third-order valence-electron chi connectivity index (χ3n) is 3.90. The molecule has 0 aliphatic rings. The first-order chi connectivity index (χ1) is 13.3. The van der Waals surface area contributed by atoms with Gasteiger partial charge >= 0.3 is 0 Å². The lowest BCUT2D eigenvalue weighted by Crippen LogP contribution is -2.22. The molecule has 2 aromatic carbocycles. The summed E-state index contributed by atoms with van der Waals surface area (Å²) in [5.41, 5.74) is 2.38. The number of hydrogen-bond donors (Lipinski definition) is 2. The molecule has 0 fully saturated rings. The molecular formula is C20H21N3O4S. The number of rotatable bonds is 7. The molecule has 0 saturated heterocycles. The van der Waals surface area contributed by atoms with Crippen LogP contribution in [0.4, 0.5) is 5.69 Å². The molecule has 8 heteroatoms. The lowest BCUT2D eigenvalue weighted by molar-refractivity contribution is -0.118. The Kier molecular flexibility index (Phi) is 5.79. The van der Waals surface area contributed by atoms with Gasteiger partial charge in [0.1, 0.15) is 5.75 Å². The van der Waals surface area contributed by atoms with Gasteiger partial charge in [-0.2, -0.15) is 0 Å². The van der Waals surface area contributed by atoms with Crippen LogP contribution in [-0.2, 0) is 21.2 Å². The molecule has 3 aromatic rings. The highest BCUT2D eigenvalue weighted by atomic mass is 32.2. The second-order valence-corrected chi connectivity index (χ2v) is 8.16. The maximum atomic E-state index is 11.2. The quantitative estimate of drug-likeness (QED) is 0.636. The maximum absolute atomic E-state index is 11.2. The van der Waals surface area contributed by atoms with Gasteiger partial charge < -0.3 is 10.1 Å². The summed E-state index contributed by atoms with van der Waals surface area (Å²) in [5, 5.41) is 3.77. The van der Waals surface area contributed by atoms with E-state index in [0.717, 1.165) is 29.1 Å². The average Bonchev–Trinajstić information content (AvgIpc) is 2.62. The first kappa shape index (κ1) is 19.6. The molecule has 3 rings (SSSR count). The second-order valence-electron chi connectivity index (χ2n) is 6.41. The van der Waals surface area contributed by atoms with Crippen LogP contribution in [0.3, 0.4) is 0 Å². The highest BCUT2D eigenvalue weighted by molar-refractivity contribution is 7.92. The van der Waals surface area contributed by atoms with Gasteiger partial charge in [0.15, 0.2) is 0 Å². The number of ether oxygens (including phenoxy) is 1. The van der Waals surface area contributed by atoms with Crippen molar-refractivity contribution in [3.63, 3.8) is 0 Å². The molecule has 0 radical (unpaired) electrons. The number of anilines is 1. The molecule has 0 aliphatic heterocycles. The first-order valence-corrected chi connectivity index (χ1v) is 10.6. The van der Waals surface area contributed by atoms with Crippen LogP contribution in [-0.4, -0.2) is 32.1 Å². The molecule has 146 valence electrons.